The first kappa shape index (κ1) is 47.8. The number of dihydropyridines is 1. The van der Waals surface area contributed by atoms with Gasteiger partial charge in [-0.1, -0.05) is 261 Å². The molecule has 0 amide bonds. The third-order valence-corrected chi connectivity index (χ3v) is 15.0. The van der Waals surface area contributed by atoms with Gasteiger partial charge in [-0.15, -0.1) is 0 Å². The molecular formula is C74H56N4. The first-order valence-electron chi connectivity index (χ1n) is 26.9. The van der Waals surface area contributed by atoms with Gasteiger partial charge in [-0.05, 0) is 137 Å². The van der Waals surface area contributed by atoms with Gasteiger partial charge in [0.2, 0.25) is 0 Å². The number of nitrogens with one attached hydrogen (secondary N) is 3. The van der Waals surface area contributed by atoms with Crippen LogP contribution in [0, 0.1) is 0 Å². The molecular weight excluding hydrogens is 945 g/mol. The third kappa shape index (κ3) is 9.92. The number of hydrogen-bond acceptors (Lipinski definition) is 4. The largest absolute Gasteiger partial charge is 0.373 e. The van der Waals surface area contributed by atoms with Crippen molar-refractivity contribution in [1.82, 2.24) is 16.0 Å². The molecule has 0 aliphatic carbocycles. The van der Waals surface area contributed by atoms with E-state index >= 15 is 0 Å². The van der Waals surface area contributed by atoms with Crippen LogP contribution in [0.2, 0.25) is 0 Å². The Labute approximate surface area is 457 Å². The molecule has 0 aromatic heterocycles. The van der Waals surface area contributed by atoms with Crippen molar-refractivity contribution in [2.24, 2.45) is 4.99 Å². The van der Waals surface area contributed by atoms with E-state index in [0.717, 1.165) is 101 Å². The monoisotopic (exact) mass is 1000 g/mol. The molecule has 2 heterocycles. The zero-order chi connectivity index (χ0) is 52.0. The predicted octanol–water partition coefficient (Wildman–Crippen LogP) is 17.5. The van der Waals surface area contributed by atoms with Crippen molar-refractivity contribution >= 4 is 28.3 Å². The fraction of sp³-hybridized carbons (Fsp3) is 0.0405. The van der Waals surface area contributed by atoms with Crippen LogP contribution >= 0.6 is 0 Å². The number of nitrogens with zero attached hydrogens (tertiary/aromatic N) is 1. The minimum absolute atomic E-state index is 0.174. The van der Waals surface area contributed by atoms with E-state index in [1.165, 1.54) is 16.7 Å². The molecule has 0 saturated heterocycles. The Morgan fingerprint density at radius 3 is 1.12 bits per heavy atom. The summed E-state index contributed by atoms with van der Waals surface area (Å²) in [5.74, 6) is 0.807. The highest BCUT2D eigenvalue weighted by molar-refractivity contribution is 6.24. The molecule has 4 nitrogen and oxygen atoms in total. The molecule has 11 aromatic rings. The van der Waals surface area contributed by atoms with Crippen molar-refractivity contribution in [2.45, 2.75) is 18.4 Å². The van der Waals surface area contributed by atoms with Crippen molar-refractivity contribution in [2.75, 3.05) is 0 Å². The zero-order valence-corrected chi connectivity index (χ0v) is 43.0. The number of allylic oxidation sites excluding steroid dienone is 2. The molecule has 2 aliphatic heterocycles. The van der Waals surface area contributed by atoms with Crippen LogP contribution in [0.1, 0.15) is 62.9 Å². The van der Waals surface area contributed by atoms with E-state index < -0.39 is 6.17 Å². The fourth-order valence-corrected chi connectivity index (χ4v) is 11.2. The van der Waals surface area contributed by atoms with Gasteiger partial charge in [-0.2, -0.15) is 0 Å². The molecule has 3 N–H and O–H groups in total. The number of hydrogen-bond donors (Lipinski definition) is 3. The molecule has 372 valence electrons. The lowest BCUT2D eigenvalue weighted by Gasteiger charge is -2.36. The van der Waals surface area contributed by atoms with Crippen LogP contribution in [0.4, 0.5) is 0 Å². The Hall–Kier alpha value is -9.87. The maximum Gasteiger partial charge on any atom is 0.131 e. The second-order valence-electron chi connectivity index (χ2n) is 20.0. The van der Waals surface area contributed by atoms with Crippen LogP contribution < -0.4 is 16.0 Å². The van der Waals surface area contributed by atoms with Gasteiger partial charge >= 0.3 is 0 Å². The van der Waals surface area contributed by atoms with E-state index in [1.807, 2.05) is 0 Å². The Bertz CT molecular complexity index is 3840. The van der Waals surface area contributed by atoms with Crippen LogP contribution in [-0.2, 0) is 0 Å². The van der Waals surface area contributed by atoms with Crippen LogP contribution in [0.15, 0.2) is 308 Å². The Morgan fingerprint density at radius 2 is 0.628 bits per heavy atom. The first-order valence-corrected chi connectivity index (χ1v) is 26.9. The highest BCUT2D eigenvalue weighted by Crippen LogP contribution is 2.50. The van der Waals surface area contributed by atoms with Gasteiger partial charge in [0.1, 0.15) is 18.2 Å². The van der Waals surface area contributed by atoms with E-state index in [4.69, 9.17) is 4.99 Å². The maximum absolute atomic E-state index is 5.75. The van der Waals surface area contributed by atoms with Crippen molar-refractivity contribution < 1.29 is 0 Å². The van der Waals surface area contributed by atoms with Crippen molar-refractivity contribution in [3.8, 4) is 44.5 Å². The summed E-state index contributed by atoms with van der Waals surface area (Å²) in [6.07, 6.45) is -0.805. The summed E-state index contributed by atoms with van der Waals surface area (Å²) < 4.78 is 0. The van der Waals surface area contributed by atoms with Gasteiger partial charge in [0.15, 0.2) is 0 Å². The topological polar surface area (TPSA) is 48.5 Å². The summed E-state index contributed by atoms with van der Waals surface area (Å²) >= 11 is 0. The minimum atomic E-state index is -0.461. The van der Waals surface area contributed by atoms with Crippen LogP contribution in [-0.4, -0.2) is 5.84 Å². The Kier molecular flexibility index (Phi) is 13.3. The number of amidine groups is 1. The summed E-state index contributed by atoms with van der Waals surface area (Å²) in [5, 5.41) is 12.2. The summed E-state index contributed by atoms with van der Waals surface area (Å²) in [4.78, 5) is 5.75. The molecule has 0 saturated carbocycles. The first-order chi connectivity index (χ1) is 38.7. The Balaban J connectivity index is 1.04. The Morgan fingerprint density at radius 1 is 0.256 bits per heavy atom. The van der Waals surface area contributed by atoms with Crippen molar-refractivity contribution in [3.05, 3.63) is 348 Å². The smallest absolute Gasteiger partial charge is 0.131 e. The summed E-state index contributed by atoms with van der Waals surface area (Å²) in [6.45, 7) is 0. The summed E-state index contributed by atoms with van der Waals surface area (Å²) in [5.41, 5.74) is 22.6. The maximum atomic E-state index is 5.75. The quantitative estimate of drug-likeness (QED) is 0.114. The number of aliphatic imine (C=N–C) groups is 1. The zero-order valence-electron chi connectivity index (χ0n) is 43.0. The van der Waals surface area contributed by atoms with Gasteiger partial charge in [0.05, 0.1) is 11.7 Å². The molecule has 0 bridgehead atoms. The highest BCUT2D eigenvalue weighted by Gasteiger charge is 2.34. The van der Waals surface area contributed by atoms with Crippen LogP contribution in [0.5, 0.6) is 0 Å². The molecule has 0 spiro atoms. The molecule has 0 fully saturated rings. The average molecular weight is 1000 g/mol. The average Bonchev–Trinajstić information content (AvgIpc) is 3.58. The summed E-state index contributed by atoms with van der Waals surface area (Å²) in [7, 11) is 0. The fourth-order valence-electron chi connectivity index (χ4n) is 11.2. The van der Waals surface area contributed by atoms with Gasteiger partial charge in [-0.25, -0.2) is 4.99 Å². The lowest BCUT2D eigenvalue weighted by Crippen LogP contribution is -2.45. The second kappa shape index (κ2) is 21.8. The van der Waals surface area contributed by atoms with Crippen LogP contribution in [0.3, 0.4) is 0 Å². The molecule has 78 heavy (non-hydrogen) atoms. The van der Waals surface area contributed by atoms with Crippen molar-refractivity contribution in [3.63, 3.8) is 0 Å². The van der Waals surface area contributed by atoms with Gasteiger partial charge < -0.3 is 10.6 Å². The molecule has 13 rings (SSSR count). The van der Waals surface area contributed by atoms with Gasteiger partial charge in [0.25, 0.3) is 0 Å². The molecule has 3 unspecified atom stereocenters. The van der Waals surface area contributed by atoms with E-state index in [2.05, 4.69) is 319 Å². The van der Waals surface area contributed by atoms with E-state index in [0.29, 0.717) is 0 Å². The minimum Gasteiger partial charge on any atom is -0.373 e. The SMILES string of the molecule is c1ccc(C2=C(c3ccccc3)C(c3cccc(C4N=C(c5cc(-c6ccccc6)cc(-c6ccccc6)c5)NC(c5cc(-c6ccccc6)cc(-c6ccccc6)c5)N4)c3)=C(c3ccccc3)C(c3ccccc3)N2)cc1. The molecule has 2 aliphatic rings. The summed E-state index contributed by atoms with van der Waals surface area (Å²) in [6, 6.07) is 109. The van der Waals surface area contributed by atoms with Crippen LogP contribution in [0.25, 0.3) is 66.9 Å². The molecule has 3 atom stereocenters. The van der Waals surface area contributed by atoms with Gasteiger partial charge in [0, 0.05) is 11.1 Å². The van der Waals surface area contributed by atoms with E-state index in [1.54, 1.807) is 0 Å². The third-order valence-electron chi connectivity index (χ3n) is 15.0. The molecule has 0 radical (unpaired) electrons. The lowest BCUT2D eigenvalue weighted by molar-refractivity contribution is 0.409. The predicted molar refractivity (Wildman–Crippen MR) is 325 cm³/mol. The van der Waals surface area contributed by atoms with E-state index in [-0.39, 0.29) is 12.2 Å². The normalized spacial score (nSPS) is 16.2. The molecule has 11 aromatic carbocycles. The standard InChI is InChI=1S/C74H56N4/c1-9-26-51(27-10-1)61-45-62(52-28-11-2-12-29-52)48-65(47-61)73-76-72(77-74(78-73)66-49-63(53-30-13-3-14-31-53)46-64(50-66)54-32-15-4-16-33-54)60-43-25-42-59(44-60)67-68(55-34-17-5-18-35-55)70(57-38-21-7-22-39-57)75-71(58-40-23-8-24-41-58)69(67)56-36-19-6-20-37-56/h1-50,70,72-73,75-76H,(H,77,78). The van der Waals surface area contributed by atoms with Gasteiger partial charge in [-0.3, -0.25) is 5.32 Å². The highest BCUT2D eigenvalue weighted by atomic mass is 15.3. The number of rotatable bonds is 12. The van der Waals surface area contributed by atoms with Crippen molar-refractivity contribution in [1.29, 1.82) is 0 Å². The van der Waals surface area contributed by atoms with E-state index in [9.17, 15) is 0 Å². The lowest BCUT2D eigenvalue weighted by atomic mass is 9.76. The number of benzene rings is 11. The second-order valence-corrected chi connectivity index (χ2v) is 20.0. The molecule has 4 heteroatoms.